The van der Waals surface area contributed by atoms with Crippen LogP contribution in [0.25, 0.3) is 0 Å². The Morgan fingerprint density at radius 2 is 2.06 bits per heavy atom. The molecule has 1 aliphatic rings. The van der Waals surface area contributed by atoms with Gasteiger partial charge in [0.2, 0.25) is 0 Å². The summed E-state index contributed by atoms with van der Waals surface area (Å²) in [5.74, 6) is 1.86. The normalized spacial score (nSPS) is 18.2. The van der Waals surface area contributed by atoms with Crippen molar-refractivity contribution in [2.24, 2.45) is 10.9 Å². The fraction of sp³-hybridized carbons (Fsp3) is 0.923. The smallest absolute Gasteiger partial charge is 0.193 e. The summed E-state index contributed by atoms with van der Waals surface area (Å²) in [4.78, 5) is 6.72. The second kappa shape index (κ2) is 8.34. The molecule has 1 saturated heterocycles. The number of hydrogen-bond donors (Lipinski definition) is 1. The standard InChI is InChI=1S/C13H27N3O/c1-4-14-13(15-5-2)16(3)9-6-12-7-10-17-11-8-12/h12H,4-11H2,1-3H3,(H,14,15). The van der Waals surface area contributed by atoms with Gasteiger partial charge in [-0.15, -0.1) is 0 Å². The van der Waals surface area contributed by atoms with Crippen LogP contribution in [-0.2, 0) is 4.74 Å². The third kappa shape index (κ3) is 5.39. The molecule has 17 heavy (non-hydrogen) atoms. The summed E-state index contributed by atoms with van der Waals surface area (Å²) in [6.45, 7) is 8.91. The molecule has 1 N–H and O–H groups in total. The summed E-state index contributed by atoms with van der Waals surface area (Å²) >= 11 is 0. The molecule has 4 heteroatoms. The number of nitrogens with one attached hydrogen (secondary N) is 1. The van der Waals surface area contributed by atoms with Gasteiger partial charge in [0.05, 0.1) is 0 Å². The largest absolute Gasteiger partial charge is 0.381 e. The Hall–Kier alpha value is -0.770. The third-order valence-corrected chi connectivity index (χ3v) is 3.22. The Labute approximate surface area is 105 Å². The third-order valence-electron chi connectivity index (χ3n) is 3.22. The molecular weight excluding hydrogens is 214 g/mol. The van der Waals surface area contributed by atoms with Gasteiger partial charge in [-0.2, -0.15) is 0 Å². The van der Waals surface area contributed by atoms with Crippen LogP contribution in [0, 0.1) is 5.92 Å². The van der Waals surface area contributed by atoms with Gasteiger partial charge in [0.15, 0.2) is 5.96 Å². The molecule has 0 amide bonds. The minimum Gasteiger partial charge on any atom is -0.381 e. The molecule has 1 aliphatic heterocycles. The van der Waals surface area contributed by atoms with Crippen LogP contribution in [0.3, 0.4) is 0 Å². The Balaban J connectivity index is 2.30. The molecule has 100 valence electrons. The van der Waals surface area contributed by atoms with E-state index in [4.69, 9.17) is 4.74 Å². The first kappa shape index (κ1) is 14.3. The molecule has 0 radical (unpaired) electrons. The summed E-state index contributed by atoms with van der Waals surface area (Å²) in [6, 6.07) is 0. The molecule has 0 atom stereocenters. The Morgan fingerprint density at radius 1 is 1.35 bits per heavy atom. The number of ether oxygens (including phenoxy) is 1. The predicted octanol–water partition coefficient (Wildman–Crippen LogP) is 1.72. The maximum absolute atomic E-state index is 5.38. The lowest BCUT2D eigenvalue weighted by molar-refractivity contribution is 0.0625. The lowest BCUT2D eigenvalue weighted by Crippen LogP contribution is -2.40. The highest BCUT2D eigenvalue weighted by molar-refractivity contribution is 5.79. The molecule has 0 bridgehead atoms. The monoisotopic (exact) mass is 241 g/mol. The van der Waals surface area contributed by atoms with Crippen molar-refractivity contribution in [1.82, 2.24) is 10.2 Å². The van der Waals surface area contributed by atoms with Gasteiger partial charge in [-0.25, -0.2) is 0 Å². The molecule has 0 aliphatic carbocycles. The highest BCUT2D eigenvalue weighted by atomic mass is 16.5. The van der Waals surface area contributed by atoms with Crippen molar-refractivity contribution in [2.75, 3.05) is 39.9 Å². The van der Waals surface area contributed by atoms with Gasteiger partial charge in [0, 0.05) is 39.9 Å². The van der Waals surface area contributed by atoms with E-state index in [1.54, 1.807) is 0 Å². The van der Waals surface area contributed by atoms with Crippen LogP contribution in [0.15, 0.2) is 4.99 Å². The lowest BCUT2D eigenvalue weighted by Gasteiger charge is -2.26. The molecule has 1 heterocycles. The molecular formula is C13H27N3O. The van der Waals surface area contributed by atoms with E-state index >= 15 is 0 Å². The topological polar surface area (TPSA) is 36.9 Å². The molecule has 0 aromatic rings. The van der Waals surface area contributed by atoms with E-state index in [2.05, 4.69) is 36.1 Å². The Morgan fingerprint density at radius 3 is 2.65 bits per heavy atom. The fourth-order valence-corrected chi connectivity index (χ4v) is 2.14. The highest BCUT2D eigenvalue weighted by Gasteiger charge is 2.15. The van der Waals surface area contributed by atoms with E-state index in [1.165, 1.54) is 19.3 Å². The highest BCUT2D eigenvalue weighted by Crippen LogP contribution is 2.18. The summed E-state index contributed by atoms with van der Waals surface area (Å²) in [5.41, 5.74) is 0. The van der Waals surface area contributed by atoms with Crippen LogP contribution in [0.5, 0.6) is 0 Å². The molecule has 1 rings (SSSR count). The van der Waals surface area contributed by atoms with Crippen LogP contribution < -0.4 is 5.32 Å². The van der Waals surface area contributed by atoms with E-state index in [-0.39, 0.29) is 0 Å². The first-order chi connectivity index (χ1) is 8.27. The van der Waals surface area contributed by atoms with Gasteiger partial charge in [0.25, 0.3) is 0 Å². The summed E-state index contributed by atoms with van der Waals surface area (Å²) in [6.07, 6.45) is 3.68. The minimum atomic E-state index is 0.829. The van der Waals surface area contributed by atoms with Gasteiger partial charge in [0.1, 0.15) is 0 Å². The number of nitrogens with zero attached hydrogens (tertiary/aromatic N) is 2. The molecule has 4 nitrogen and oxygen atoms in total. The molecule has 0 unspecified atom stereocenters. The van der Waals surface area contributed by atoms with Gasteiger partial charge in [-0.3, -0.25) is 4.99 Å². The van der Waals surface area contributed by atoms with Crippen molar-refractivity contribution in [3.63, 3.8) is 0 Å². The van der Waals surface area contributed by atoms with Crippen molar-refractivity contribution < 1.29 is 4.74 Å². The van der Waals surface area contributed by atoms with Crippen molar-refractivity contribution >= 4 is 5.96 Å². The second-order valence-corrected chi connectivity index (χ2v) is 4.59. The molecule has 0 aromatic carbocycles. The van der Waals surface area contributed by atoms with Gasteiger partial charge >= 0.3 is 0 Å². The summed E-state index contributed by atoms with van der Waals surface area (Å²) in [5, 5.41) is 3.32. The van der Waals surface area contributed by atoms with E-state index < -0.39 is 0 Å². The lowest BCUT2D eigenvalue weighted by atomic mass is 9.96. The minimum absolute atomic E-state index is 0.829. The molecule has 0 spiro atoms. The van der Waals surface area contributed by atoms with Crippen molar-refractivity contribution in [1.29, 1.82) is 0 Å². The maximum Gasteiger partial charge on any atom is 0.193 e. The van der Waals surface area contributed by atoms with Gasteiger partial charge in [-0.1, -0.05) is 0 Å². The zero-order valence-corrected chi connectivity index (χ0v) is 11.5. The van der Waals surface area contributed by atoms with Crippen LogP contribution in [0.4, 0.5) is 0 Å². The average Bonchev–Trinajstić information content (AvgIpc) is 2.37. The number of guanidine groups is 1. The average molecular weight is 241 g/mol. The maximum atomic E-state index is 5.38. The second-order valence-electron chi connectivity index (χ2n) is 4.59. The van der Waals surface area contributed by atoms with Crippen LogP contribution >= 0.6 is 0 Å². The van der Waals surface area contributed by atoms with E-state index in [0.717, 1.165) is 44.7 Å². The predicted molar refractivity (Wildman–Crippen MR) is 72.4 cm³/mol. The molecule has 0 aromatic heterocycles. The number of aliphatic imine (C=N–C) groups is 1. The Kier molecular flexibility index (Phi) is 7.01. The summed E-state index contributed by atoms with van der Waals surface area (Å²) < 4.78 is 5.38. The van der Waals surface area contributed by atoms with E-state index in [0.29, 0.717) is 0 Å². The first-order valence-electron chi connectivity index (χ1n) is 6.85. The van der Waals surface area contributed by atoms with Crippen molar-refractivity contribution in [3.8, 4) is 0 Å². The number of hydrogen-bond acceptors (Lipinski definition) is 2. The van der Waals surface area contributed by atoms with Crippen molar-refractivity contribution in [3.05, 3.63) is 0 Å². The van der Waals surface area contributed by atoms with Crippen LogP contribution in [-0.4, -0.2) is 50.8 Å². The van der Waals surface area contributed by atoms with Crippen LogP contribution in [0.2, 0.25) is 0 Å². The summed E-state index contributed by atoms with van der Waals surface area (Å²) in [7, 11) is 2.12. The number of rotatable bonds is 5. The first-order valence-corrected chi connectivity index (χ1v) is 6.85. The molecule has 1 fully saturated rings. The SMILES string of the molecule is CCN=C(NCC)N(C)CCC1CCOCC1. The quantitative estimate of drug-likeness (QED) is 0.588. The zero-order chi connectivity index (χ0) is 12.5. The zero-order valence-electron chi connectivity index (χ0n) is 11.5. The Bertz CT molecular complexity index is 225. The van der Waals surface area contributed by atoms with Crippen molar-refractivity contribution in [2.45, 2.75) is 33.1 Å². The van der Waals surface area contributed by atoms with Gasteiger partial charge in [-0.05, 0) is 39.0 Å². The fourth-order valence-electron chi connectivity index (χ4n) is 2.14. The van der Waals surface area contributed by atoms with E-state index in [9.17, 15) is 0 Å². The molecule has 0 saturated carbocycles. The van der Waals surface area contributed by atoms with Crippen LogP contribution in [0.1, 0.15) is 33.1 Å². The van der Waals surface area contributed by atoms with E-state index in [1.807, 2.05) is 0 Å². The van der Waals surface area contributed by atoms with Gasteiger partial charge < -0.3 is 15.0 Å².